The molecule has 0 radical (unpaired) electrons. The van der Waals surface area contributed by atoms with Crippen LogP contribution >= 0.6 is 11.3 Å². The van der Waals surface area contributed by atoms with Crippen LogP contribution in [-0.2, 0) is 17.8 Å². The van der Waals surface area contributed by atoms with Gasteiger partial charge in [0.25, 0.3) is 0 Å². The quantitative estimate of drug-likeness (QED) is 0.846. The standard InChI is InChI=1S/C17H24N4OS/c1-2-21-15(5-7-20-21)16-13(6-8-22-16)9-18-10-14-11-19-17(23-14)12-3-4-12/h5,7,11-13,16,18H,2-4,6,8-10H2,1H3/t13-,16+/m0/s1. The summed E-state index contributed by atoms with van der Waals surface area (Å²) in [6.45, 7) is 5.77. The van der Waals surface area contributed by atoms with Crippen LogP contribution in [0.4, 0.5) is 0 Å². The molecular formula is C17H24N4OS. The average molecular weight is 332 g/mol. The number of thiazole rings is 1. The molecule has 2 fully saturated rings. The van der Waals surface area contributed by atoms with E-state index in [1.54, 1.807) is 0 Å². The molecule has 1 aliphatic carbocycles. The smallest absolute Gasteiger partial charge is 0.103 e. The molecule has 0 amide bonds. The van der Waals surface area contributed by atoms with E-state index in [2.05, 4.69) is 28.4 Å². The third-order valence-corrected chi connectivity index (χ3v) is 5.92. The van der Waals surface area contributed by atoms with Crippen molar-refractivity contribution in [1.82, 2.24) is 20.1 Å². The molecule has 0 bridgehead atoms. The zero-order chi connectivity index (χ0) is 15.6. The van der Waals surface area contributed by atoms with Crippen LogP contribution in [0.1, 0.15) is 53.8 Å². The highest BCUT2D eigenvalue weighted by Gasteiger charge is 2.31. The van der Waals surface area contributed by atoms with Crippen molar-refractivity contribution >= 4 is 11.3 Å². The Morgan fingerprint density at radius 2 is 2.30 bits per heavy atom. The molecule has 1 N–H and O–H groups in total. The lowest BCUT2D eigenvalue weighted by molar-refractivity contribution is 0.0830. The van der Waals surface area contributed by atoms with Gasteiger partial charge in [-0.05, 0) is 32.3 Å². The van der Waals surface area contributed by atoms with E-state index in [1.807, 2.05) is 28.4 Å². The molecule has 1 aliphatic heterocycles. The van der Waals surface area contributed by atoms with Gasteiger partial charge in [-0.3, -0.25) is 4.68 Å². The SMILES string of the molecule is CCn1nccc1[C@@H]1OCC[C@H]1CNCc1cnc(C2CC2)s1. The minimum absolute atomic E-state index is 0.174. The van der Waals surface area contributed by atoms with Crippen molar-refractivity contribution < 1.29 is 4.74 Å². The maximum Gasteiger partial charge on any atom is 0.103 e. The van der Waals surface area contributed by atoms with Gasteiger partial charge in [0.2, 0.25) is 0 Å². The number of aryl methyl sites for hydroxylation is 1. The first-order valence-electron chi connectivity index (χ1n) is 8.63. The Hall–Kier alpha value is -1.24. The molecule has 3 heterocycles. The minimum Gasteiger partial charge on any atom is -0.372 e. The van der Waals surface area contributed by atoms with E-state index in [4.69, 9.17) is 4.74 Å². The lowest BCUT2D eigenvalue weighted by Crippen LogP contribution is -2.25. The van der Waals surface area contributed by atoms with E-state index in [1.165, 1.54) is 28.4 Å². The molecule has 0 aromatic carbocycles. The Balaban J connectivity index is 1.32. The summed E-state index contributed by atoms with van der Waals surface area (Å²) in [5, 5.41) is 9.31. The second kappa shape index (κ2) is 6.71. The third kappa shape index (κ3) is 3.34. The molecule has 2 aromatic rings. The minimum atomic E-state index is 0.174. The summed E-state index contributed by atoms with van der Waals surface area (Å²) in [6.07, 6.45) is 7.86. The van der Waals surface area contributed by atoms with Crippen LogP contribution in [-0.4, -0.2) is 27.9 Å². The third-order valence-electron chi connectivity index (χ3n) is 4.76. The van der Waals surface area contributed by atoms with Gasteiger partial charge in [-0.1, -0.05) is 0 Å². The predicted octanol–water partition coefficient (Wildman–Crippen LogP) is 3.10. The Kier molecular flexibility index (Phi) is 4.46. The van der Waals surface area contributed by atoms with Gasteiger partial charge in [0.1, 0.15) is 6.10 Å². The van der Waals surface area contributed by atoms with Gasteiger partial charge in [-0.15, -0.1) is 11.3 Å². The fourth-order valence-electron chi connectivity index (χ4n) is 3.32. The Bertz CT molecular complexity index is 649. The van der Waals surface area contributed by atoms with E-state index in [0.29, 0.717) is 5.92 Å². The van der Waals surface area contributed by atoms with E-state index in [-0.39, 0.29) is 6.10 Å². The Morgan fingerprint density at radius 3 is 3.13 bits per heavy atom. The molecule has 1 saturated carbocycles. The second-order valence-electron chi connectivity index (χ2n) is 6.48. The van der Waals surface area contributed by atoms with Crippen LogP contribution < -0.4 is 5.32 Å². The Morgan fingerprint density at radius 1 is 1.39 bits per heavy atom. The van der Waals surface area contributed by atoms with Gasteiger partial charge < -0.3 is 10.1 Å². The van der Waals surface area contributed by atoms with Gasteiger partial charge in [0.05, 0.1) is 10.7 Å². The van der Waals surface area contributed by atoms with Crippen molar-refractivity contribution in [2.24, 2.45) is 5.92 Å². The van der Waals surface area contributed by atoms with Gasteiger partial charge >= 0.3 is 0 Å². The number of aromatic nitrogens is 3. The summed E-state index contributed by atoms with van der Waals surface area (Å²) in [7, 11) is 0. The van der Waals surface area contributed by atoms with Gasteiger partial charge in [-0.25, -0.2) is 4.98 Å². The van der Waals surface area contributed by atoms with Crippen molar-refractivity contribution in [3.63, 3.8) is 0 Å². The number of nitrogens with one attached hydrogen (secondary N) is 1. The second-order valence-corrected chi connectivity index (χ2v) is 7.63. The molecule has 2 atom stereocenters. The summed E-state index contributed by atoms with van der Waals surface area (Å²) in [4.78, 5) is 5.90. The first-order chi connectivity index (χ1) is 11.3. The number of ether oxygens (including phenoxy) is 1. The van der Waals surface area contributed by atoms with E-state index in [9.17, 15) is 0 Å². The topological polar surface area (TPSA) is 52.0 Å². The van der Waals surface area contributed by atoms with Crippen LogP contribution in [0, 0.1) is 5.92 Å². The maximum absolute atomic E-state index is 5.99. The van der Waals surface area contributed by atoms with Crippen molar-refractivity contribution in [3.05, 3.63) is 34.0 Å². The van der Waals surface area contributed by atoms with Crippen LogP contribution in [0.15, 0.2) is 18.5 Å². The van der Waals surface area contributed by atoms with E-state index >= 15 is 0 Å². The number of nitrogens with zero attached hydrogens (tertiary/aromatic N) is 3. The number of hydrogen-bond donors (Lipinski definition) is 1. The van der Waals surface area contributed by atoms with Gasteiger partial charge in [0.15, 0.2) is 0 Å². The molecular weight excluding hydrogens is 308 g/mol. The molecule has 2 aromatic heterocycles. The summed E-state index contributed by atoms with van der Waals surface area (Å²) < 4.78 is 8.04. The lowest BCUT2D eigenvalue weighted by Gasteiger charge is -2.19. The molecule has 0 spiro atoms. The summed E-state index contributed by atoms with van der Waals surface area (Å²) >= 11 is 1.87. The molecule has 1 saturated heterocycles. The summed E-state index contributed by atoms with van der Waals surface area (Å²) in [5.41, 5.74) is 1.21. The molecule has 0 unspecified atom stereocenters. The fourth-order valence-corrected chi connectivity index (χ4v) is 4.38. The van der Waals surface area contributed by atoms with Crippen molar-refractivity contribution in [2.75, 3.05) is 13.2 Å². The van der Waals surface area contributed by atoms with E-state index < -0.39 is 0 Å². The first kappa shape index (κ1) is 15.3. The van der Waals surface area contributed by atoms with Crippen LogP contribution in [0.3, 0.4) is 0 Å². The molecule has 2 aliphatic rings. The first-order valence-corrected chi connectivity index (χ1v) is 9.45. The highest BCUT2D eigenvalue weighted by atomic mass is 32.1. The van der Waals surface area contributed by atoms with Crippen molar-refractivity contribution in [3.8, 4) is 0 Å². The predicted molar refractivity (Wildman–Crippen MR) is 90.5 cm³/mol. The number of rotatable bonds is 7. The summed E-state index contributed by atoms with van der Waals surface area (Å²) in [6, 6.07) is 2.09. The molecule has 23 heavy (non-hydrogen) atoms. The van der Waals surface area contributed by atoms with Crippen LogP contribution in [0.25, 0.3) is 0 Å². The fraction of sp³-hybridized carbons (Fsp3) is 0.647. The van der Waals surface area contributed by atoms with E-state index in [0.717, 1.165) is 38.6 Å². The van der Waals surface area contributed by atoms with Crippen LogP contribution in [0.2, 0.25) is 0 Å². The zero-order valence-corrected chi connectivity index (χ0v) is 14.4. The monoisotopic (exact) mass is 332 g/mol. The van der Waals surface area contributed by atoms with Crippen molar-refractivity contribution in [1.29, 1.82) is 0 Å². The molecule has 5 nitrogen and oxygen atoms in total. The number of hydrogen-bond acceptors (Lipinski definition) is 5. The summed E-state index contributed by atoms with van der Waals surface area (Å²) in [5.74, 6) is 1.28. The highest BCUT2D eigenvalue weighted by Crippen LogP contribution is 2.41. The van der Waals surface area contributed by atoms with Gasteiger partial charge in [0, 0.05) is 55.3 Å². The zero-order valence-electron chi connectivity index (χ0n) is 13.6. The largest absolute Gasteiger partial charge is 0.372 e. The lowest BCUT2D eigenvalue weighted by atomic mass is 9.99. The molecule has 124 valence electrons. The van der Waals surface area contributed by atoms with Crippen LogP contribution in [0.5, 0.6) is 0 Å². The molecule has 4 rings (SSSR count). The molecule has 6 heteroatoms. The maximum atomic E-state index is 5.99. The highest BCUT2D eigenvalue weighted by molar-refractivity contribution is 7.11. The average Bonchev–Trinajstić information content (AvgIpc) is 2.99. The Labute approximate surface area is 141 Å². The normalized spacial score (nSPS) is 24.4. The van der Waals surface area contributed by atoms with Gasteiger partial charge in [-0.2, -0.15) is 5.10 Å². The van der Waals surface area contributed by atoms with Crippen molar-refractivity contribution in [2.45, 2.75) is 51.3 Å².